The fraction of sp³-hybridized carbons (Fsp3) is 0.429. The third-order valence-electron chi connectivity index (χ3n) is 3.40. The van der Waals surface area contributed by atoms with Crippen molar-refractivity contribution in [2.45, 2.75) is 19.4 Å². The molecule has 1 aliphatic heterocycles. The summed E-state index contributed by atoms with van der Waals surface area (Å²) in [5.41, 5.74) is 2.22. The number of nitrogens with zero attached hydrogens (tertiary/aromatic N) is 1. The first-order chi connectivity index (χ1) is 9.13. The van der Waals surface area contributed by atoms with E-state index in [1.165, 1.54) is 5.56 Å². The van der Waals surface area contributed by atoms with Crippen molar-refractivity contribution < 1.29 is 14.9 Å². The minimum Gasteiger partial charge on any atom is -0.354 e. The molecule has 1 aromatic rings. The van der Waals surface area contributed by atoms with E-state index >= 15 is 0 Å². The maximum absolute atomic E-state index is 12.3. The Morgan fingerprint density at radius 2 is 2.11 bits per heavy atom. The average molecular weight is 262 g/mol. The molecular formula is C14H20N3O2+. The molecule has 0 fully saturated rings. The van der Waals surface area contributed by atoms with Crippen LogP contribution in [-0.4, -0.2) is 38.0 Å². The van der Waals surface area contributed by atoms with Crippen LogP contribution in [-0.2, 0) is 16.0 Å². The molecule has 102 valence electrons. The minimum atomic E-state index is -0.0670. The lowest BCUT2D eigenvalue weighted by Crippen LogP contribution is -2.88. The van der Waals surface area contributed by atoms with Crippen molar-refractivity contribution in [3.63, 3.8) is 0 Å². The Morgan fingerprint density at radius 1 is 1.37 bits per heavy atom. The number of carbonyl (C=O) groups is 2. The van der Waals surface area contributed by atoms with E-state index in [4.69, 9.17) is 0 Å². The van der Waals surface area contributed by atoms with Crippen LogP contribution in [0.15, 0.2) is 24.3 Å². The lowest BCUT2D eigenvalue weighted by atomic mass is 10.1. The summed E-state index contributed by atoms with van der Waals surface area (Å²) in [6.07, 6.45) is 0.900. The van der Waals surface area contributed by atoms with Gasteiger partial charge in [0, 0.05) is 18.8 Å². The molecule has 0 aromatic heterocycles. The van der Waals surface area contributed by atoms with E-state index in [2.05, 4.69) is 18.3 Å². The van der Waals surface area contributed by atoms with E-state index in [0.29, 0.717) is 6.54 Å². The quantitative estimate of drug-likeness (QED) is 0.751. The van der Waals surface area contributed by atoms with Gasteiger partial charge in [-0.3, -0.25) is 9.59 Å². The van der Waals surface area contributed by atoms with Gasteiger partial charge in [0.1, 0.15) is 0 Å². The fourth-order valence-corrected chi connectivity index (χ4v) is 2.47. The molecule has 0 unspecified atom stereocenters. The van der Waals surface area contributed by atoms with E-state index in [1.54, 1.807) is 12.4 Å². The van der Waals surface area contributed by atoms with E-state index in [-0.39, 0.29) is 24.4 Å². The van der Waals surface area contributed by atoms with Crippen molar-refractivity contribution in [3.8, 4) is 0 Å². The van der Waals surface area contributed by atoms with Crippen LogP contribution < -0.4 is 15.5 Å². The molecule has 1 atom stereocenters. The lowest BCUT2D eigenvalue weighted by molar-refractivity contribution is -0.632. The molecule has 1 aliphatic rings. The van der Waals surface area contributed by atoms with Gasteiger partial charge in [-0.1, -0.05) is 18.2 Å². The van der Waals surface area contributed by atoms with Gasteiger partial charge in [-0.2, -0.15) is 0 Å². The van der Waals surface area contributed by atoms with Crippen molar-refractivity contribution in [3.05, 3.63) is 29.8 Å². The SMILES string of the molecule is CNC(=O)C[NH2+]CC(=O)N1c2ccccc2C[C@H]1C. The Morgan fingerprint density at radius 3 is 2.84 bits per heavy atom. The number of carbonyl (C=O) groups excluding carboxylic acids is 2. The van der Waals surface area contributed by atoms with E-state index in [9.17, 15) is 9.59 Å². The molecule has 0 bridgehead atoms. The summed E-state index contributed by atoms with van der Waals surface area (Å²) in [6.45, 7) is 2.63. The van der Waals surface area contributed by atoms with Gasteiger partial charge < -0.3 is 15.5 Å². The minimum absolute atomic E-state index is 0.0568. The summed E-state index contributed by atoms with van der Waals surface area (Å²) >= 11 is 0. The number of amides is 2. The summed E-state index contributed by atoms with van der Waals surface area (Å²) in [5.74, 6) is -0.0102. The summed E-state index contributed by atoms with van der Waals surface area (Å²) in [6, 6.07) is 8.18. The number of fused-ring (bicyclic) bond motifs is 1. The van der Waals surface area contributed by atoms with E-state index in [1.807, 2.05) is 23.1 Å². The summed E-state index contributed by atoms with van der Waals surface area (Å²) < 4.78 is 0. The average Bonchev–Trinajstić information content (AvgIpc) is 2.74. The smallest absolute Gasteiger partial charge is 0.282 e. The molecule has 5 nitrogen and oxygen atoms in total. The number of para-hydroxylation sites is 1. The van der Waals surface area contributed by atoms with Gasteiger partial charge in [-0.15, -0.1) is 0 Å². The molecule has 0 aliphatic carbocycles. The standard InChI is InChI=1S/C14H19N3O2/c1-10-7-11-5-3-4-6-12(11)17(10)14(19)9-16-8-13(18)15-2/h3-6,10,16H,7-9H2,1-2H3,(H,15,18)/p+1/t10-/m1/s1. The van der Waals surface area contributed by atoms with Crippen LogP contribution in [0.5, 0.6) is 0 Å². The van der Waals surface area contributed by atoms with E-state index < -0.39 is 0 Å². The van der Waals surface area contributed by atoms with Gasteiger partial charge in [0.15, 0.2) is 13.1 Å². The highest BCUT2D eigenvalue weighted by molar-refractivity contribution is 5.96. The van der Waals surface area contributed by atoms with E-state index in [0.717, 1.165) is 12.1 Å². The maximum atomic E-state index is 12.3. The molecule has 2 rings (SSSR count). The van der Waals surface area contributed by atoms with Crippen LogP contribution >= 0.6 is 0 Å². The number of quaternary nitrogens is 1. The second-order valence-electron chi connectivity index (χ2n) is 4.82. The normalized spacial score (nSPS) is 17.2. The number of likely N-dealkylation sites (N-methyl/N-ethyl adjacent to an activating group) is 1. The Hall–Kier alpha value is -1.88. The molecule has 5 heteroatoms. The summed E-state index contributed by atoms with van der Waals surface area (Å²) in [5, 5.41) is 4.27. The van der Waals surface area contributed by atoms with Gasteiger partial charge in [-0.25, -0.2) is 0 Å². The fourth-order valence-electron chi connectivity index (χ4n) is 2.47. The van der Waals surface area contributed by atoms with Crippen molar-refractivity contribution in [1.29, 1.82) is 0 Å². The molecule has 2 amide bonds. The van der Waals surface area contributed by atoms with Crippen LogP contribution in [0.1, 0.15) is 12.5 Å². The summed E-state index contributed by atoms with van der Waals surface area (Å²) in [7, 11) is 1.59. The second kappa shape index (κ2) is 5.84. The zero-order valence-corrected chi connectivity index (χ0v) is 11.3. The predicted molar refractivity (Wildman–Crippen MR) is 72.8 cm³/mol. The molecule has 0 radical (unpaired) electrons. The van der Waals surface area contributed by atoms with Gasteiger partial charge in [0.25, 0.3) is 11.8 Å². The highest BCUT2D eigenvalue weighted by atomic mass is 16.2. The van der Waals surface area contributed by atoms with Crippen LogP contribution in [0.4, 0.5) is 5.69 Å². The molecule has 19 heavy (non-hydrogen) atoms. The van der Waals surface area contributed by atoms with Crippen LogP contribution in [0.3, 0.4) is 0 Å². The Balaban J connectivity index is 1.98. The third kappa shape index (κ3) is 2.93. The highest BCUT2D eigenvalue weighted by Crippen LogP contribution is 2.31. The second-order valence-corrected chi connectivity index (χ2v) is 4.82. The topological polar surface area (TPSA) is 66.0 Å². The number of anilines is 1. The van der Waals surface area contributed by atoms with Crippen LogP contribution in [0.2, 0.25) is 0 Å². The molecule has 0 saturated carbocycles. The molecule has 0 saturated heterocycles. The lowest BCUT2D eigenvalue weighted by Gasteiger charge is -2.21. The zero-order chi connectivity index (χ0) is 13.8. The first-order valence-electron chi connectivity index (χ1n) is 6.55. The molecule has 1 aromatic carbocycles. The number of nitrogens with two attached hydrogens (primary N) is 1. The van der Waals surface area contributed by atoms with Gasteiger partial charge in [0.2, 0.25) is 0 Å². The number of hydrogen-bond acceptors (Lipinski definition) is 2. The van der Waals surface area contributed by atoms with Gasteiger partial charge >= 0.3 is 0 Å². The number of hydrogen-bond donors (Lipinski definition) is 2. The first-order valence-corrected chi connectivity index (χ1v) is 6.55. The van der Waals surface area contributed by atoms with Crippen LogP contribution in [0.25, 0.3) is 0 Å². The molecule has 1 heterocycles. The van der Waals surface area contributed by atoms with Crippen molar-refractivity contribution >= 4 is 17.5 Å². The van der Waals surface area contributed by atoms with Crippen molar-refractivity contribution in [1.82, 2.24) is 5.32 Å². The Labute approximate surface area is 113 Å². The van der Waals surface area contributed by atoms with Crippen molar-refractivity contribution in [2.24, 2.45) is 0 Å². The van der Waals surface area contributed by atoms with Crippen molar-refractivity contribution in [2.75, 3.05) is 25.0 Å². The number of nitrogens with one attached hydrogen (secondary N) is 1. The zero-order valence-electron chi connectivity index (χ0n) is 11.3. The Bertz CT molecular complexity index is 487. The molecule has 0 spiro atoms. The number of benzene rings is 1. The first kappa shape index (κ1) is 13.5. The van der Waals surface area contributed by atoms with Gasteiger partial charge in [0.05, 0.1) is 0 Å². The molecule has 3 N–H and O–H groups in total. The van der Waals surface area contributed by atoms with Crippen LogP contribution in [0, 0.1) is 0 Å². The third-order valence-corrected chi connectivity index (χ3v) is 3.40. The Kier molecular flexibility index (Phi) is 4.16. The largest absolute Gasteiger partial charge is 0.354 e. The monoisotopic (exact) mass is 262 g/mol. The predicted octanol–water partition coefficient (Wildman–Crippen LogP) is -0.726. The molecular weight excluding hydrogens is 242 g/mol. The summed E-state index contributed by atoms with van der Waals surface area (Å²) in [4.78, 5) is 25.2. The van der Waals surface area contributed by atoms with Gasteiger partial charge in [-0.05, 0) is 25.0 Å². The maximum Gasteiger partial charge on any atom is 0.282 e. The number of rotatable bonds is 4. The highest BCUT2D eigenvalue weighted by Gasteiger charge is 2.30.